The Balaban J connectivity index is 1.20. The maximum atomic E-state index is 13.1. The van der Waals surface area contributed by atoms with Crippen LogP contribution < -0.4 is 10.1 Å². The molecule has 2 N–H and O–H groups in total. The molecule has 0 saturated carbocycles. The lowest BCUT2D eigenvalue weighted by molar-refractivity contribution is -0.137. The van der Waals surface area contributed by atoms with Crippen molar-refractivity contribution in [2.45, 2.75) is 32.2 Å². The van der Waals surface area contributed by atoms with Crippen molar-refractivity contribution in [2.24, 2.45) is 0 Å². The van der Waals surface area contributed by atoms with E-state index in [1.165, 1.54) is 0 Å². The lowest BCUT2D eigenvalue weighted by Crippen LogP contribution is -2.32. The molecule has 0 fully saturated rings. The standard InChI is InChI=1S/C35H32N2O5/c1-2-32-30(37-34(42-32)26-13-7-4-8-14-26)21-22-41-27-19-17-24(18-20-27)23-31(35(39)40)36-29-16-10-9-15-28(29)33(38)25-11-5-3-6-12-25/h3-20,31,36H,2,21-23H2,1H3,(H,39,40)/t31-/m0/s1. The van der Waals surface area contributed by atoms with Gasteiger partial charge in [0.1, 0.15) is 17.6 Å². The number of carboxylic acids is 1. The van der Waals surface area contributed by atoms with Gasteiger partial charge in [-0.25, -0.2) is 9.78 Å². The normalized spacial score (nSPS) is 11.5. The molecule has 0 unspecified atom stereocenters. The Bertz CT molecular complexity index is 1630. The molecule has 42 heavy (non-hydrogen) atoms. The summed E-state index contributed by atoms with van der Waals surface area (Å²) in [6, 6.07) is 32.2. The average Bonchev–Trinajstić information content (AvgIpc) is 3.45. The summed E-state index contributed by atoms with van der Waals surface area (Å²) in [5.41, 5.74) is 4.10. The summed E-state index contributed by atoms with van der Waals surface area (Å²) >= 11 is 0. The minimum Gasteiger partial charge on any atom is -0.493 e. The van der Waals surface area contributed by atoms with Gasteiger partial charge >= 0.3 is 5.97 Å². The number of carboxylic acid groups (broad SMARTS) is 1. The van der Waals surface area contributed by atoms with Crippen molar-refractivity contribution in [1.29, 1.82) is 0 Å². The number of carbonyl (C=O) groups excluding carboxylic acids is 1. The van der Waals surface area contributed by atoms with Crippen molar-refractivity contribution in [3.63, 3.8) is 0 Å². The zero-order valence-corrected chi connectivity index (χ0v) is 23.3. The number of nitrogens with zero attached hydrogens (tertiary/aromatic N) is 1. The van der Waals surface area contributed by atoms with Gasteiger partial charge in [0.2, 0.25) is 5.89 Å². The number of aliphatic carboxylic acids is 1. The molecule has 0 spiro atoms. The van der Waals surface area contributed by atoms with Crippen LogP contribution in [0.5, 0.6) is 5.75 Å². The first-order valence-electron chi connectivity index (χ1n) is 14.0. The van der Waals surface area contributed by atoms with Crippen LogP contribution in [0.2, 0.25) is 0 Å². The van der Waals surface area contributed by atoms with Crippen LogP contribution in [0, 0.1) is 0 Å². The minimum atomic E-state index is -1.01. The molecular formula is C35H32N2O5. The molecule has 7 nitrogen and oxygen atoms in total. The van der Waals surface area contributed by atoms with E-state index >= 15 is 0 Å². The van der Waals surface area contributed by atoms with Crippen LogP contribution in [-0.4, -0.2) is 34.5 Å². The third-order valence-corrected chi connectivity index (χ3v) is 6.93. The highest BCUT2D eigenvalue weighted by Gasteiger charge is 2.21. The Morgan fingerprint density at radius 2 is 1.55 bits per heavy atom. The summed E-state index contributed by atoms with van der Waals surface area (Å²) in [5.74, 6) is 0.971. The molecular weight excluding hydrogens is 528 g/mol. The van der Waals surface area contributed by atoms with Crippen LogP contribution in [0.4, 0.5) is 5.69 Å². The number of oxazole rings is 1. The van der Waals surface area contributed by atoms with Crippen LogP contribution in [0.15, 0.2) is 114 Å². The van der Waals surface area contributed by atoms with Crippen molar-refractivity contribution < 1.29 is 23.8 Å². The number of para-hydroxylation sites is 1. The van der Waals surface area contributed by atoms with Gasteiger partial charge in [-0.15, -0.1) is 0 Å². The van der Waals surface area contributed by atoms with E-state index in [0.717, 1.165) is 29.0 Å². The Hall–Kier alpha value is -5.17. The van der Waals surface area contributed by atoms with E-state index < -0.39 is 12.0 Å². The second-order valence-corrected chi connectivity index (χ2v) is 9.83. The van der Waals surface area contributed by atoms with Crippen LogP contribution >= 0.6 is 0 Å². The molecule has 7 heteroatoms. The first-order valence-corrected chi connectivity index (χ1v) is 14.0. The number of hydrogen-bond acceptors (Lipinski definition) is 6. The fourth-order valence-electron chi connectivity index (χ4n) is 4.72. The summed E-state index contributed by atoms with van der Waals surface area (Å²) in [4.78, 5) is 29.9. The fraction of sp³-hybridized carbons (Fsp3) is 0.171. The molecule has 1 atom stereocenters. The Kier molecular flexibility index (Phi) is 9.09. The predicted octanol–water partition coefficient (Wildman–Crippen LogP) is 6.86. The molecule has 0 saturated heterocycles. The van der Waals surface area contributed by atoms with E-state index in [0.29, 0.717) is 41.5 Å². The Morgan fingerprint density at radius 3 is 2.24 bits per heavy atom. The van der Waals surface area contributed by atoms with Crippen molar-refractivity contribution in [3.8, 4) is 17.2 Å². The molecule has 0 aliphatic rings. The SMILES string of the molecule is CCc1oc(-c2ccccc2)nc1CCOc1ccc(C[C@H](Nc2ccccc2C(=O)c2ccccc2)C(=O)O)cc1. The van der Waals surface area contributed by atoms with Crippen LogP contribution in [-0.2, 0) is 24.1 Å². The lowest BCUT2D eigenvalue weighted by Gasteiger charge is -2.18. The van der Waals surface area contributed by atoms with E-state index in [2.05, 4.69) is 10.3 Å². The molecule has 1 heterocycles. The molecule has 4 aromatic carbocycles. The van der Waals surface area contributed by atoms with Crippen molar-refractivity contribution in [3.05, 3.63) is 137 Å². The number of benzene rings is 4. The predicted molar refractivity (Wildman–Crippen MR) is 162 cm³/mol. The molecule has 0 aliphatic heterocycles. The first kappa shape index (κ1) is 28.4. The Labute approximate surface area is 244 Å². The zero-order valence-electron chi connectivity index (χ0n) is 23.3. The number of anilines is 1. The van der Waals surface area contributed by atoms with Gasteiger partial charge in [0.25, 0.3) is 0 Å². The fourth-order valence-corrected chi connectivity index (χ4v) is 4.72. The molecule has 1 aromatic heterocycles. The van der Waals surface area contributed by atoms with Crippen molar-refractivity contribution in [2.75, 3.05) is 11.9 Å². The van der Waals surface area contributed by atoms with Gasteiger partial charge in [0.15, 0.2) is 5.78 Å². The summed E-state index contributed by atoms with van der Waals surface area (Å²) in [7, 11) is 0. The van der Waals surface area contributed by atoms with E-state index in [1.807, 2.05) is 67.6 Å². The number of aryl methyl sites for hydroxylation is 1. The highest BCUT2D eigenvalue weighted by atomic mass is 16.5. The van der Waals surface area contributed by atoms with E-state index in [1.54, 1.807) is 48.5 Å². The Morgan fingerprint density at radius 1 is 0.881 bits per heavy atom. The number of nitrogens with one attached hydrogen (secondary N) is 1. The lowest BCUT2D eigenvalue weighted by atomic mass is 10.00. The largest absolute Gasteiger partial charge is 0.493 e. The molecule has 5 aromatic rings. The molecule has 0 bridgehead atoms. The van der Waals surface area contributed by atoms with Gasteiger partial charge in [-0.3, -0.25) is 4.79 Å². The highest BCUT2D eigenvalue weighted by molar-refractivity contribution is 6.12. The van der Waals surface area contributed by atoms with Gasteiger partial charge in [-0.2, -0.15) is 0 Å². The zero-order chi connectivity index (χ0) is 29.3. The summed E-state index contributed by atoms with van der Waals surface area (Å²) in [5, 5.41) is 13.0. The summed E-state index contributed by atoms with van der Waals surface area (Å²) in [6.07, 6.45) is 1.57. The summed E-state index contributed by atoms with van der Waals surface area (Å²) < 4.78 is 11.9. The number of carbonyl (C=O) groups is 2. The molecule has 0 aliphatic carbocycles. The van der Waals surface area contributed by atoms with Crippen molar-refractivity contribution in [1.82, 2.24) is 4.98 Å². The number of ketones is 1. The molecule has 212 valence electrons. The van der Waals surface area contributed by atoms with Crippen molar-refractivity contribution >= 4 is 17.4 Å². The number of rotatable bonds is 13. The quantitative estimate of drug-likeness (QED) is 0.152. The third kappa shape index (κ3) is 6.93. The average molecular weight is 561 g/mol. The smallest absolute Gasteiger partial charge is 0.326 e. The number of aromatic nitrogens is 1. The number of hydrogen-bond donors (Lipinski definition) is 2. The number of ether oxygens (including phenoxy) is 1. The maximum Gasteiger partial charge on any atom is 0.326 e. The summed E-state index contributed by atoms with van der Waals surface area (Å²) in [6.45, 7) is 2.47. The second-order valence-electron chi connectivity index (χ2n) is 9.83. The van der Waals surface area contributed by atoms with Gasteiger partial charge in [0.05, 0.1) is 12.3 Å². The maximum absolute atomic E-state index is 13.1. The second kappa shape index (κ2) is 13.5. The topological polar surface area (TPSA) is 102 Å². The van der Waals surface area contributed by atoms with E-state index in [4.69, 9.17) is 9.15 Å². The van der Waals surface area contributed by atoms with Gasteiger partial charge in [-0.05, 0) is 42.0 Å². The molecule has 5 rings (SSSR count). The highest BCUT2D eigenvalue weighted by Crippen LogP contribution is 2.24. The van der Waals surface area contributed by atoms with Crippen LogP contribution in [0.3, 0.4) is 0 Å². The monoisotopic (exact) mass is 560 g/mol. The van der Waals surface area contributed by atoms with Gasteiger partial charge in [0, 0.05) is 41.6 Å². The van der Waals surface area contributed by atoms with Crippen LogP contribution in [0.1, 0.15) is 39.9 Å². The van der Waals surface area contributed by atoms with Gasteiger partial charge in [-0.1, -0.05) is 79.7 Å². The van der Waals surface area contributed by atoms with Gasteiger partial charge < -0.3 is 19.6 Å². The van der Waals surface area contributed by atoms with E-state index in [-0.39, 0.29) is 12.2 Å². The third-order valence-electron chi connectivity index (χ3n) is 6.93. The molecule has 0 amide bonds. The molecule has 0 radical (unpaired) electrons. The van der Waals surface area contributed by atoms with Crippen LogP contribution in [0.25, 0.3) is 11.5 Å². The first-order chi connectivity index (χ1) is 20.5. The van der Waals surface area contributed by atoms with E-state index in [9.17, 15) is 14.7 Å². The minimum absolute atomic E-state index is 0.169.